The quantitative estimate of drug-likeness (QED) is 0.910. The van der Waals surface area contributed by atoms with Gasteiger partial charge in [-0.15, -0.1) is 0 Å². The molecule has 0 saturated heterocycles. The maximum Gasteiger partial charge on any atom is 0.306 e. The molecular weight excluding hydrogens is 343 g/mol. The van der Waals surface area contributed by atoms with Crippen LogP contribution in [0.25, 0.3) is 11.4 Å². The highest BCUT2D eigenvalue weighted by molar-refractivity contribution is 9.10. The van der Waals surface area contributed by atoms with Gasteiger partial charge in [-0.05, 0) is 53.4 Å². The van der Waals surface area contributed by atoms with Crippen LogP contribution in [-0.2, 0) is 4.79 Å². The second-order valence-electron chi connectivity index (χ2n) is 5.13. The monoisotopic (exact) mass is 354 g/mol. The summed E-state index contributed by atoms with van der Waals surface area (Å²) < 4.78 is 18.9. The molecule has 1 aliphatic rings. The summed E-state index contributed by atoms with van der Waals surface area (Å²) in [4.78, 5) is 15.3. The Morgan fingerprint density at radius 3 is 2.90 bits per heavy atom. The van der Waals surface area contributed by atoms with E-state index in [1.54, 1.807) is 6.07 Å². The summed E-state index contributed by atoms with van der Waals surface area (Å²) in [7, 11) is 0. The molecule has 3 rings (SSSR count). The Kier molecular flexibility index (Phi) is 3.75. The molecule has 0 aliphatic heterocycles. The first-order chi connectivity index (χ1) is 10.0. The average molecular weight is 355 g/mol. The second kappa shape index (κ2) is 5.55. The van der Waals surface area contributed by atoms with Crippen molar-refractivity contribution < 1.29 is 18.8 Å². The Hall–Kier alpha value is -1.76. The van der Waals surface area contributed by atoms with Gasteiger partial charge in [0.2, 0.25) is 11.7 Å². The second-order valence-corrected chi connectivity index (χ2v) is 5.98. The molecule has 1 saturated carbocycles. The molecule has 1 fully saturated rings. The molecule has 0 bridgehead atoms. The van der Waals surface area contributed by atoms with E-state index in [4.69, 9.17) is 9.63 Å². The number of carboxylic acids is 1. The minimum absolute atomic E-state index is 0.0217. The number of hydrogen-bond donors (Lipinski definition) is 1. The van der Waals surface area contributed by atoms with Crippen molar-refractivity contribution in [2.45, 2.75) is 25.2 Å². The summed E-state index contributed by atoms with van der Waals surface area (Å²) in [5, 5.41) is 12.9. The van der Waals surface area contributed by atoms with Gasteiger partial charge in [0.05, 0.1) is 5.92 Å². The largest absolute Gasteiger partial charge is 0.481 e. The van der Waals surface area contributed by atoms with Crippen LogP contribution in [0.4, 0.5) is 4.39 Å². The van der Waals surface area contributed by atoms with Gasteiger partial charge in [0, 0.05) is 16.0 Å². The maximum atomic E-state index is 13.1. The topological polar surface area (TPSA) is 76.2 Å². The Bertz CT molecular complexity index is 689. The minimum atomic E-state index is -0.779. The van der Waals surface area contributed by atoms with Crippen LogP contribution in [0, 0.1) is 11.7 Å². The highest BCUT2D eigenvalue weighted by atomic mass is 79.9. The number of halogens is 2. The van der Waals surface area contributed by atoms with Gasteiger partial charge in [0.1, 0.15) is 5.82 Å². The fourth-order valence-electron chi connectivity index (χ4n) is 2.61. The zero-order chi connectivity index (χ0) is 15.0. The summed E-state index contributed by atoms with van der Waals surface area (Å²) >= 11 is 3.27. The van der Waals surface area contributed by atoms with Gasteiger partial charge < -0.3 is 9.63 Å². The van der Waals surface area contributed by atoms with Gasteiger partial charge >= 0.3 is 5.97 Å². The van der Waals surface area contributed by atoms with E-state index in [9.17, 15) is 9.18 Å². The number of carbonyl (C=O) groups is 1. The molecule has 1 aromatic heterocycles. The van der Waals surface area contributed by atoms with E-state index in [1.807, 2.05) is 0 Å². The van der Waals surface area contributed by atoms with E-state index in [0.29, 0.717) is 34.6 Å². The average Bonchev–Trinajstić information content (AvgIpc) is 3.07. The number of carboxylic acid groups (broad SMARTS) is 1. The molecule has 110 valence electrons. The summed E-state index contributed by atoms with van der Waals surface area (Å²) in [6, 6.07) is 4.23. The molecule has 21 heavy (non-hydrogen) atoms. The highest BCUT2D eigenvalue weighted by Gasteiger charge is 2.33. The van der Waals surface area contributed by atoms with Crippen LogP contribution in [0.1, 0.15) is 31.1 Å². The van der Waals surface area contributed by atoms with Crippen LogP contribution in [0.5, 0.6) is 0 Å². The third kappa shape index (κ3) is 2.83. The molecule has 2 atom stereocenters. The Labute approximate surface area is 128 Å². The fourth-order valence-corrected chi connectivity index (χ4v) is 3.14. The van der Waals surface area contributed by atoms with E-state index >= 15 is 0 Å². The third-order valence-electron chi connectivity index (χ3n) is 3.74. The van der Waals surface area contributed by atoms with Gasteiger partial charge in [0.25, 0.3) is 0 Å². The fraction of sp³-hybridized carbons (Fsp3) is 0.357. The number of rotatable bonds is 3. The van der Waals surface area contributed by atoms with Crippen LogP contribution in [-0.4, -0.2) is 21.2 Å². The molecule has 2 aromatic rings. The summed E-state index contributed by atoms with van der Waals surface area (Å²) in [5.74, 6) is -0.678. The summed E-state index contributed by atoms with van der Waals surface area (Å²) in [6.07, 6.45) is 1.86. The molecule has 1 aliphatic carbocycles. The van der Waals surface area contributed by atoms with Crippen molar-refractivity contribution >= 4 is 21.9 Å². The lowest BCUT2D eigenvalue weighted by Crippen LogP contribution is -2.09. The van der Waals surface area contributed by atoms with E-state index in [2.05, 4.69) is 26.1 Å². The number of aliphatic carboxylic acids is 1. The lowest BCUT2D eigenvalue weighted by Gasteiger charge is -2.02. The molecule has 1 N–H and O–H groups in total. The summed E-state index contributed by atoms with van der Waals surface area (Å²) in [6.45, 7) is 0. The van der Waals surface area contributed by atoms with E-state index < -0.39 is 5.97 Å². The molecule has 1 aromatic carbocycles. The number of aromatic nitrogens is 2. The Morgan fingerprint density at radius 1 is 1.43 bits per heavy atom. The van der Waals surface area contributed by atoms with Crippen LogP contribution in [0.2, 0.25) is 0 Å². The van der Waals surface area contributed by atoms with Crippen molar-refractivity contribution in [2.24, 2.45) is 5.92 Å². The predicted molar refractivity (Wildman–Crippen MR) is 75.1 cm³/mol. The lowest BCUT2D eigenvalue weighted by molar-refractivity contribution is -0.141. The molecule has 7 heteroatoms. The zero-order valence-corrected chi connectivity index (χ0v) is 12.5. The SMILES string of the molecule is O=C(O)C1CCC(c2nc(-c3ccc(F)cc3Br)no2)C1. The van der Waals surface area contributed by atoms with E-state index in [-0.39, 0.29) is 17.7 Å². The zero-order valence-electron chi connectivity index (χ0n) is 10.9. The normalized spacial score (nSPS) is 21.6. The van der Waals surface area contributed by atoms with Gasteiger partial charge in [-0.3, -0.25) is 4.79 Å². The highest BCUT2D eigenvalue weighted by Crippen LogP contribution is 2.38. The molecule has 5 nitrogen and oxygen atoms in total. The molecular formula is C14H12BrFN2O3. The smallest absolute Gasteiger partial charge is 0.306 e. The number of hydrogen-bond acceptors (Lipinski definition) is 4. The molecule has 0 radical (unpaired) electrons. The molecule has 0 spiro atoms. The summed E-state index contributed by atoms with van der Waals surface area (Å²) in [5.41, 5.74) is 0.638. The maximum absolute atomic E-state index is 13.1. The van der Waals surface area contributed by atoms with Crippen molar-refractivity contribution in [3.05, 3.63) is 34.4 Å². The van der Waals surface area contributed by atoms with Crippen molar-refractivity contribution in [3.8, 4) is 11.4 Å². The first-order valence-electron chi connectivity index (χ1n) is 6.56. The number of benzene rings is 1. The van der Waals surface area contributed by atoms with Crippen molar-refractivity contribution in [1.29, 1.82) is 0 Å². The van der Waals surface area contributed by atoms with Crippen LogP contribution >= 0.6 is 15.9 Å². The van der Waals surface area contributed by atoms with Crippen LogP contribution in [0.3, 0.4) is 0 Å². The predicted octanol–water partition coefficient (Wildman–Crippen LogP) is 3.61. The molecule has 0 amide bonds. The van der Waals surface area contributed by atoms with Gasteiger partial charge in [-0.1, -0.05) is 5.16 Å². The minimum Gasteiger partial charge on any atom is -0.481 e. The van der Waals surface area contributed by atoms with Crippen molar-refractivity contribution in [1.82, 2.24) is 10.1 Å². The van der Waals surface area contributed by atoms with Gasteiger partial charge in [-0.2, -0.15) is 4.98 Å². The van der Waals surface area contributed by atoms with Gasteiger partial charge in [0.15, 0.2) is 0 Å². The molecule has 2 unspecified atom stereocenters. The lowest BCUT2D eigenvalue weighted by atomic mass is 10.1. The van der Waals surface area contributed by atoms with Crippen molar-refractivity contribution in [3.63, 3.8) is 0 Å². The molecule has 1 heterocycles. The number of nitrogens with zero attached hydrogens (tertiary/aromatic N) is 2. The van der Waals surface area contributed by atoms with E-state index in [0.717, 1.165) is 6.42 Å². The standard InChI is InChI=1S/C14H12BrFN2O3/c15-11-6-9(16)3-4-10(11)12-17-13(21-18-12)7-1-2-8(5-7)14(19)20/h3-4,6-8H,1-2,5H2,(H,19,20). The Morgan fingerprint density at radius 2 is 2.24 bits per heavy atom. The van der Waals surface area contributed by atoms with Crippen LogP contribution in [0.15, 0.2) is 27.2 Å². The third-order valence-corrected chi connectivity index (χ3v) is 4.40. The van der Waals surface area contributed by atoms with Crippen molar-refractivity contribution in [2.75, 3.05) is 0 Å². The first-order valence-corrected chi connectivity index (χ1v) is 7.35. The van der Waals surface area contributed by atoms with Crippen LogP contribution < -0.4 is 0 Å². The van der Waals surface area contributed by atoms with Gasteiger partial charge in [-0.25, -0.2) is 4.39 Å². The Balaban J connectivity index is 1.82. The van der Waals surface area contributed by atoms with E-state index in [1.165, 1.54) is 12.1 Å². The first kappa shape index (κ1) is 14.2.